The number of aliphatic imine (C=N–C) groups is 1. The molecule has 2 atom stereocenters. The summed E-state index contributed by atoms with van der Waals surface area (Å²) in [7, 11) is 1.83. The van der Waals surface area contributed by atoms with E-state index in [1.54, 1.807) is 0 Å². The third-order valence-corrected chi connectivity index (χ3v) is 5.59. The first-order chi connectivity index (χ1) is 13.8. The zero-order chi connectivity index (χ0) is 19.6. The van der Waals surface area contributed by atoms with Crippen LogP contribution in [0, 0.1) is 6.92 Å². The lowest BCUT2D eigenvalue weighted by Gasteiger charge is -2.29. The van der Waals surface area contributed by atoms with E-state index < -0.39 is 0 Å². The molecule has 6 nitrogen and oxygen atoms in total. The Kier molecular flexibility index (Phi) is 11.3. The second kappa shape index (κ2) is 13.4. The Morgan fingerprint density at radius 2 is 2.00 bits per heavy atom. The van der Waals surface area contributed by atoms with Gasteiger partial charge in [0.05, 0.1) is 18.8 Å². The van der Waals surface area contributed by atoms with Crippen molar-refractivity contribution in [2.75, 3.05) is 53.0 Å². The fourth-order valence-corrected chi connectivity index (χ4v) is 3.89. The number of benzene rings is 1. The van der Waals surface area contributed by atoms with Crippen LogP contribution >= 0.6 is 24.0 Å². The summed E-state index contributed by atoms with van der Waals surface area (Å²) in [5.74, 6) is 0.862. The van der Waals surface area contributed by atoms with E-state index in [2.05, 4.69) is 51.7 Å². The van der Waals surface area contributed by atoms with Crippen molar-refractivity contribution in [3.63, 3.8) is 0 Å². The molecule has 164 valence electrons. The Labute approximate surface area is 192 Å². The molecule has 0 bridgehead atoms. The van der Waals surface area contributed by atoms with Crippen LogP contribution in [0.3, 0.4) is 0 Å². The molecule has 0 aromatic heterocycles. The summed E-state index contributed by atoms with van der Waals surface area (Å²) in [5, 5.41) is 6.94. The molecule has 2 aliphatic rings. The number of guanidine groups is 1. The van der Waals surface area contributed by atoms with Gasteiger partial charge < -0.3 is 20.1 Å². The molecule has 2 aliphatic heterocycles. The van der Waals surface area contributed by atoms with Gasteiger partial charge in [-0.3, -0.25) is 9.89 Å². The van der Waals surface area contributed by atoms with E-state index in [1.165, 1.54) is 37.1 Å². The molecule has 3 rings (SSSR count). The van der Waals surface area contributed by atoms with Gasteiger partial charge >= 0.3 is 0 Å². The summed E-state index contributed by atoms with van der Waals surface area (Å²) in [5.41, 5.74) is 2.68. The van der Waals surface area contributed by atoms with Gasteiger partial charge in [-0.15, -0.1) is 24.0 Å². The van der Waals surface area contributed by atoms with E-state index >= 15 is 0 Å². The topological polar surface area (TPSA) is 58.1 Å². The Morgan fingerprint density at radius 1 is 1.24 bits per heavy atom. The maximum atomic E-state index is 5.82. The minimum absolute atomic E-state index is 0. The molecular weight excluding hydrogens is 479 g/mol. The highest BCUT2D eigenvalue weighted by Gasteiger charge is 2.23. The molecule has 0 aliphatic carbocycles. The van der Waals surface area contributed by atoms with Crippen molar-refractivity contribution in [2.24, 2.45) is 4.99 Å². The van der Waals surface area contributed by atoms with Gasteiger partial charge in [0, 0.05) is 33.4 Å². The van der Waals surface area contributed by atoms with Crippen LogP contribution in [-0.2, 0) is 9.47 Å². The number of nitrogens with one attached hydrogen (secondary N) is 2. The van der Waals surface area contributed by atoms with E-state index in [9.17, 15) is 0 Å². The molecule has 7 heteroatoms. The van der Waals surface area contributed by atoms with E-state index in [0.29, 0.717) is 6.04 Å². The predicted molar refractivity (Wildman–Crippen MR) is 129 cm³/mol. The molecule has 0 spiro atoms. The van der Waals surface area contributed by atoms with Crippen molar-refractivity contribution in [3.8, 4) is 0 Å². The van der Waals surface area contributed by atoms with E-state index in [0.717, 1.165) is 51.7 Å². The number of nitrogens with zero attached hydrogens (tertiary/aromatic N) is 2. The summed E-state index contributed by atoms with van der Waals surface area (Å²) in [4.78, 5) is 6.97. The molecule has 0 amide bonds. The number of likely N-dealkylation sites (tertiary alicyclic amines) is 1. The van der Waals surface area contributed by atoms with Gasteiger partial charge in [0.25, 0.3) is 0 Å². The fourth-order valence-electron chi connectivity index (χ4n) is 3.89. The second-order valence-electron chi connectivity index (χ2n) is 7.76. The van der Waals surface area contributed by atoms with Crippen molar-refractivity contribution in [3.05, 3.63) is 35.4 Å². The average molecular weight is 516 g/mol. The highest BCUT2D eigenvalue weighted by atomic mass is 127. The second-order valence-corrected chi connectivity index (χ2v) is 7.76. The summed E-state index contributed by atoms with van der Waals surface area (Å²) in [6, 6.07) is 9.33. The molecule has 2 fully saturated rings. The molecule has 0 saturated carbocycles. The average Bonchev–Trinajstić information content (AvgIpc) is 3.42. The van der Waals surface area contributed by atoms with Gasteiger partial charge in [-0.2, -0.15) is 0 Å². The quantitative estimate of drug-likeness (QED) is 0.229. The predicted octanol–water partition coefficient (Wildman–Crippen LogP) is 3.11. The minimum atomic E-state index is 0. The van der Waals surface area contributed by atoms with Gasteiger partial charge in [-0.1, -0.05) is 29.8 Å². The van der Waals surface area contributed by atoms with Crippen molar-refractivity contribution in [1.29, 1.82) is 0 Å². The van der Waals surface area contributed by atoms with E-state index in [4.69, 9.17) is 9.47 Å². The van der Waals surface area contributed by atoms with Crippen LogP contribution in [0.2, 0.25) is 0 Å². The van der Waals surface area contributed by atoms with Gasteiger partial charge in [0.1, 0.15) is 0 Å². The van der Waals surface area contributed by atoms with Crippen LogP contribution in [0.15, 0.2) is 29.3 Å². The number of halogens is 1. The Balaban J connectivity index is 0.00000300. The number of hydrogen-bond acceptors (Lipinski definition) is 4. The molecule has 1 aromatic rings. The summed E-state index contributed by atoms with van der Waals surface area (Å²) in [6.45, 7) is 8.54. The van der Waals surface area contributed by atoms with Crippen LogP contribution < -0.4 is 10.6 Å². The first-order valence-electron chi connectivity index (χ1n) is 10.7. The van der Waals surface area contributed by atoms with Crippen molar-refractivity contribution < 1.29 is 9.47 Å². The van der Waals surface area contributed by atoms with Crippen LogP contribution in [-0.4, -0.2) is 70.0 Å². The van der Waals surface area contributed by atoms with E-state index in [-0.39, 0.29) is 30.1 Å². The monoisotopic (exact) mass is 516 g/mol. The summed E-state index contributed by atoms with van der Waals surface area (Å²) in [6.07, 6.45) is 4.86. The molecule has 2 N–H and O–H groups in total. The Bertz CT molecular complexity index is 599. The van der Waals surface area contributed by atoms with Gasteiger partial charge in [0.15, 0.2) is 5.96 Å². The molecule has 2 unspecified atom stereocenters. The highest BCUT2D eigenvalue weighted by molar-refractivity contribution is 14.0. The normalized spacial score (nSPS) is 21.0. The number of aryl methyl sites for hydroxylation is 1. The number of rotatable bonds is 9. The SMILES string of the molecule is CN=C(NCCCOC1CCOC1)NCC(c1ccc(C)cc1)N1CCCC1.I. The smallest absolute Gasteiger partial charge is 0.191 e. The first kappa shape index (κ1) is 24.4. The Morgan fingerprint density at radius 3 is 2.66 bits per heavy atom. The maximum Gasteiger partial charge on any atom is 0.191 e. The lowest BCUT2D eigenvalue weighted by atomic mass is 10.0. The molecule has 2 heterocycles. The third kappa shape index (κ3) is 8.03. The van der Waals surface area contributed by atoms with Crippen LogP contribution in [0.25, 0.3) is 0 Å². The lowest BCUT2D eigenvalue weighted by Crippen LogP contribution is -2.43. The highest BCUT2D eigenvalue weighted by Crippen LogP contribution is 2.24. The fraction of sp³-hybridized carbons (Fsp3) is 0.682. The lowest BCUT2D eigenvalue weighted by molar-refractivity contribution is 0.0420. The van der Waals surface area contributed by atoms with Crippen LogP contribution in [0.5, 0.6) is 0 Å². The molecular formula is C22H37IN4O2. The van der Waals surface area contributed by atoms with Crippen molar-refractivity contribution in [2.45, 2.75) is 44.8 Å². The third-order valence-electron chi connectivity index (χ3n) is 5.59. The zero-order valence-corrected chi connectivity index (χ0v) is 20.2. The molecule has 29 heavy (non-hydrogen) atoms. The van der Waals surface area contributed by atoms with E-state index in [1.807, 2.05) is 7.05 Å². The standard InChI is InChI=1S/C22H36N4O2.HI/c1-18-6-8-19(9-7-18)21(26-12-3-4-13-26)16-25-22(23-2)24-11-5-14-28-20-10-15-27-17-20;/h6-9,20-21H,3-5,10-17H2,1-2H3,(H2,23,24,25);1H. The maximum absolute atomic E-state index is 5.82. The largest absolute Gasteiger partial charge is 0.379 e. The van der Waals surface area contributed by atoms with Gasteiger partial charge in [-0.05, 0) is 51.3 Å². The molecule has 2 saturated heterocycles. The zero-order valence-electron chi connectivity index (χ0n) is 17.9. The van der Waals surface area contributed by atoms with Gasteiger partial charge in [-0.25, -0.2) is 0 Å². The number of ether oxygens (including phenoxy) is 2. The minimum Gasteiger partial charge on any atom is -0.379 e. The van der Waals surface area contributed by atoms with Gasteiger partial charge in [0.2, 0.25) is 0 Å². The summed E-state index contributed by atoms with van der Waals surface area (Å²) < 4.78 is 11.2. The van der Waals surface area contributed by atoms with Crippen molar-refractivity contribution in [1.82, 2.24) is 15.5 Å². The molecule has 0 radical (unpaired) electrons. The van der Waals surface area contributed by atoms with Crippen LogP contribution in [0.4, 0.5) is 0 Å². The van der Waals surface area contributed by atoms with Crippen LogP contribution in [0.1, 0.15) is 42.9 Å². The number of hydrogen-bond donors (Lipinski definition) is 2. The molecule has 1 aromatic carbocycles. The van der Waals surface area contributed by atoms with Crippen molar-refractivity contribution >= 4 is 29.9 Å². The first-order valence-corrected chi connectivity index (χ1v) is 10.7. The summed E-state index contributed by atoms with van der Waals surface area (Å²) >= 11 is 0. The Hall–Kier alpha value is -0.900.